The number of hydrogen-bond acceptors (Lipinski definition) is 2. The number of carbonyl (C=O) groups excluding carboxylic acids is 1. The zero-order valence-corrected chi connectivity index (χ0v) is 11.3. The molecule has 1 aromatic rings. The quantitative estimate of drug-likeness (QED) is 0.887. The van der Waals surface area contributed by atoms with E-state index in [4.69, 9.17) is 5.73 Å². The summed E-state index contributed by atoms with van der Waals surface area (Å²) in [5.74, 6) is 0.153. The standard InChI is InChI=1S/C15H22N2O/c1-15(2)8-10-17(11-15)14(18)13-5-3-12(4-6-13)7-9-16/h3-6H,7-11,16H2,1-2H3. The summed E-state index contributed by atoms with van der Waals surface area (Å²) in [6.45, 7) is 6.80. The molecule has 98 valence electrons. The summed E-state index contributed by atoms with van der Waals surface area (Å²) in [5.41, 5.74) is 7.75. The Morgan fingerprint density at radius 1 is 1.33 bits per heavy atom. The molecule has 3 heteroatoms. The highest BCUT2D eigenvalue weighted by atomic mass is 16.2. The molecule has 0 saturated carbocycles. The molecule has 1 fully saturated rings. The lowest BCUT2D eigenvalue weighted by atomic mass is 9.93. The number of rotatable bonds is 3. The fourth-order valence-corrected chi connectivity index (χ4v) is 2.45. The molecule has 1 heterocycles. The first-order chi connectivity index (χ1) is 8.52. The van der Waals surface area contributed by atoms with E-state index in [1.165, 1.54) is 5.56 Å². The van der Waals surface area contributed by atoms with Gasteiger partial charge in [-0.2, -0.15) is 0 Å². The second-order valence-electron chi connectivity index (χ2n) is 5.88. The van der Waals surface area contributed by atoms with Crippen molar-refractivity contribution in [2.24, 2.45) is 11.1 Å². The van der Waals surface area contributed by atoms with Gasteiger partial charge in [-0.15, -0.1) is 0 Å². The van der Waals surface area contributed by atoms with E-state index in [2.05, 4.69) is 13.8 Å². The molecule has 2 N–H and O–H groups in total. The number of carbonyl (C=O) groups is 1. The maximum absolute atomic E-state index is 12.3. The van der Waals surface area contributed by atoms with Crippen LogP contribution in [0, 0.1) is 5.41 Å². The average molecular weight is 246 g/mol. The van der Waals surface area contributed by atoms with Gasteiger partial charge in [-0.1, -0.05) is 26.0 Å². The van der Waals surface area contributed by atoms with Gasteiger partial charge in [-0.05, 0) is 42.5 Å². The zero-order chi connectivity index (χ0) is 13.2. The van der Waals surface area contributed by atoms with Crippen molar-refractivity contribution in [2.75, 3.05) is 19.6 Å². The highest BCUT2D eigenvalue weighted by Gasteiger charge is 2.32. The number of benzene rings is 1. The van der Waals surface area contributed by atoms with E-state index in [-0.39, 0.29) is 11.3 Å². The Hall–Kier alpha value is -1.35. The predicted octanol–water partition coefficient (Wildman–Crippen LogP) is 2.06. The molecule has 0 unspecified atom stereocenters. The van der Waals surface area contributed by atoms with Crippen LogP contribution >= 0.6 is 0 Å². The van der Waals surface area contributed by atoms with Crippen LogP contribution in [-0.2, 0) is 6.42 Å². The molecule has 1 aliphatic rings. The third-order valence-electron chi connectivity index (χ3n) is 3.60. The van der Waals surface area contributed by atoms with Gasteiger partial charge in [0.25, 0.3) is 5.91 Å². The van der Waals surface area contributed by atoms with Crippen molar-refractivity contribution in [1.82, 2.24) is 4.90 Å². The van der Waals surface area contributed by atoms with Gasteiger partial charge in [0.2, 0.25) is 0 Å². The van der Waals surface area contributed by atoms with Gasteiger partial charge in [0, 0.05) is 18.7 Å². The topological polar surface area (TPSA) is 46.3 Å². The fourth-order valence-electron chi connectivity index (χ4n) is 2.45. The molecule has 0 aromatic heterocycles. The Labute approximate surface area is 109 Å². The van der Waals surface area contributed by atoms with Crippen molar-refractivity contribution in [3.05, 3.63) is 35.4 Å². The minimum absolute atomic E-state index is 0.153. The molecular weight excluding hydrogens is 224 g/mol. The Bertz CT molecular complexity index is 423. The van der Waals surface area contributed by atoms with Crippen LogP contribution in [0.2, 0.25) is 0 Å². The van der Waals surface area contributed by atoms with Crippen molar-refractivity contribution in [3.63, 3.8) is 0 Å². The maximum Gasteiger partial charge on any atom is 0.253 e. The van der Waals surface area contributed by atoms with Crippen LogP contribution in [-0.4, -0.2) is 30.4 Å². The highest BCUT2D eigenvalue weighted by molar-refractivity contribution is 5.94. The first kappa shape index (κ1) is 13.1. The summed E-state index contributed by atoms with van der Waals surface area (Å²) in [7, 11) is 0. The fraction of sp³-hybridized carbons (Fsp3) is 0.533. The number of nitrogens with zero attached hydrogens (tertiary/aromatic N) is 1. The predicted molar refractivity (Wildman–Crippen MR) is 73.5 cm³/mol. The molecule has 1 amide bonds. The molecule has 1 aromatic carbocycles. The lowest BCUT2D eigenvalue weighted by Crippen LogP contribution is -2.30. The number of likely N-dealkylation sites (tertiary alicyclic amines) is 1. The van der Waals surface area contributed by atoms with Crippen LogP contribution < -0.4 is 5.73 Å². The lowest BCUT2D eigenvalue weighted by Gasteiger charge is -2.20. The van der Waals surface area contributed by atoms with Crippen molar-refractivity contribution < 1.29 is 4.79 Å². The van der Waals surface area contributed by atoms with Crippen LogP contribution in [0.15, 0.2) is 24.3 Å². The number of amides is 1. The molecule has 1 saturated heterocycles. The second-order valence-corrected chi connectivity index (χ2v) is 5.88. The lowest BCUT2D eigenvalue weighted by molar-refractivity contribution is 0.0778. The summed E-state index contributed by atoms with van der Waals surface area (Å²) in [5, 5.41) is 0. The van der Waals surface area contributed by atoms with Crippen molar-refractivity contribution in [3.8, 4) is 0 Å². The molecule has 0 aliphatic carbocycles. The Morgan fingerprint density at radius 3 is 2.50 bits per heavy atom. The molecule has 0 spiro atoms. The van der Waals surface area contributed by atoms with Gasteiger partial charge in [0.1, 0.15) is 0 Å². The van der Waals surface area contributed by atoms with Crippen LogP contribution in [0.1, 0.15) is 36.2 Å². The van der Waals surface area contributed by atoms with Gasteiger partial charge < -0.3 is 10.6 Å². The Kier molecular flexibility index (Phi) is 3.71. The van der Waals surface area contributed by atoms with Gasteiger partial charge in [-0.25, -0.2) is 0 Å². The minimum Gasteiger partial charge on any atom is -0.338 e. The minimum atomic E-state index is 0.153. The van der Waals surface area contributed by atoms with Gasteiger partial charge >= 0.3 is 0 Å². The molecule has 0 radical (unpaired) electrons. The highest BCUT2D eigenvalue weighted by Crippen LogP contribution is 2.29. The number of hydrogen-bond donors (Lipinski definition) is 1. The second kappa shape index (κ2) is 5.11. The number of nitrogens with two attached hydrogens (primary N) is 1. The first-order valence-electron chi connectivity index (χ1n) is 6.60. The molecule has 18 heavy (non-hydrogen) atoms. The normalized spacial score (nSPS) is 18.1. The van der Waals surface area contributed by atoms with E-state index < -0.39 is 0 Å². The van der Waals surface area contributed by atoms with Crippen molar-refractivity contribution in [2.45, 2.75) is 26.7 Å². The van der Waals surface area contributed by atoms with E-state index in [9.17, 15) is 4.79 Å². The monoisotopic (exact) mass is 246 g/mol. The molecule has 0 atom stereocenters. The van der Waals surface area contributed by atoms with E-state index in [1.54, 1.807) is 0 Å². The van der Waals surface area contributed by atoms with Crippen LogP contribution in [0.4, 0.5) is 0 Å². The smallest absolute Gasteiger partial charge is 0.253 e. The molecule has 0 bridgehead atoms. The van der Waals surface area contributed by atoms with E-state index in [0.29, 0.717) is 6.54 Å². The van der Waals surface area contributed by atoms with Crippen molar-refractivity contribution in [1.29, 1.82) is 0 Å². The first-order valence-corrected chi connectivity index (χ1v) is 6.60. The molecule has 3 nitrogen and oxygen atoms in total. The van der Waals surface area contributed by atoms with Crippen molar-refractivity contribution >= 4 is 5.91 Å². The summed E-state index contributed by atoms with van der Waals surface area (Å²) >= 11 is 0. The Morgan fingerprint density at radius 2 is 2.00 bits per heavy atom. The van der Waals surface area contributed by atoms with Crippen LogP contribution in [0.25, 0.3) is 0 Å². The van der Waals surface area contributed by atoms with E-state index in [0.717, 1.165) is 31.5 Å². The molecule has 2 rings (SSSR count). The molecule has 1 aliphatic heterocycles. The zero-order valence-electron chi connectivity index (χ0n) is 11.3. The summed E-state index contributed by atoms with van der Waals surface area (Å²) in [4.78, 5) is 14.3. The SMILES string of the molecule is CC1(C)CCN(C(=O)c2ccc(CCN)cc2)C1. The van der Waals surface area contributed by atoms with Gasteiger partial charge in [0.15, 0.2) is 0 Å². The van der Waals surface area contributed by atoms with Gasteiger partial charge in [-0.3, -0.25) is 4.79 Å². The largest absolute Gasteiger partial charge is 0.338 e. The summed E-state index contributed by atoms with van der Waals surface area (Å²) in [6, 6.07) is 7.83. The third kappa shape index (κ3) is 2.91. The van der Waals surface area contributed by atoms with Crippen LogP contribution in [0.5, 0.6) is 0 Å². The summed E-state index contributed by atoms with van der Waals surface area (Å²) < 4.78 is 0. The maximum atomic E-state index is 12.3. The molecular formula is C15H22N2O. The Balaban J connectivity index is 2.05. The van der Waals surface area contributed by atoms with E-state index >= 15 is 0 Å². The summed E-state index contributed by atoms with van der Waals surface area (Å²) in [6.07, 6.45) is 1.95. The van der Waals surface area contributed by atoms with Gasteiger partial charge in [0.05, 0.1) is 0 Å². The van der Waals surface area contributed by atoms with E-state index in [1.807, 2.05) is 29.2 Å². The van der Waals surface area contributed by atoms with Crippen LogP contribution in [0.3, 0.4) is 0 Å². The third-order valence-corrected chi connectivity index (χ3v) is 3.60. The average Bonchev–Trinajstić information content (AvgIpc) is 2.70.